The summed E-state index contributed by atoms with van der Waals surface area (Å²) in [6, 6.07) is 4.32. The number of nitro benzene ring substituents is 1. The van der Waals surface area contributed by atoms with Crippen molar-refractivity contribution in [1.82, 2.24) is 10.5 Å². The number of carbonyl (C=O) groups is 2. The Bertz CT molecular complexity index is 864. The second kappa shape index (κ2) is 8.63. The lowest BCUT2D eigenvalue weighted by Crippen LogP contribution is -2.45. The molecule has 1 heterocycles. The highest BCUT2D eigenvalue weighted by atomic mass is 35.5. The first-order chi connectivity index (χ1) is 12.7. The Morgan fingerprint density at radius 2 is 2.07 bits per heavy atom. The summed E-state index contributed by atoms with van der Waals surface area (Å²) < 4.78 is 10.1. The van der Waals surface area contributed by atoms with Crippen molar-refractivity contribution in [1.29, 1.82) is 0 Å². The van der Waals surface area contributed by atoms with Crippen molar-refractivity contribution in [3.05, 3.63) is 56.4 Å². The number of rotatable bonds is 7. The second-order valence-corrected chi connectivity index (χ2v) is 6.57. The summed E-state index contributed by atoms with van der Waals surface area (Å²) in [5, 5.41) is 17.1. The predicted octanol–water partition coefficient (Wildman–Crippen LogP) is 3.04. The van der Waals surface area contributed by atoms with E-state index in [-0.39, 0.29) is 23.1 Å². The fourth-order valence-electron chi connectivity index (χ4n) is 2.23. The third kappa shape index (κ3) is 5.27. The van der Waals surface area contributed by atoms with Crippen LogP contribution in [0.1, 0.15) is 35.7 Å². The molecule has 144 valence electrons. The zero-order chi connectivity index (χ0) is 20.1. The molecule has 10 heteroatoms. The molecule has 0 aliphatic carbocycles. The molecule has 1 aromatic heterocycles. The molecule has 1 atom stereocenters. The van der Waals surface area contributed by atoms with Gasteiger partial charge in [0.2, 0.25) is 0 Å². The van der Waals surface area contributed by atoms with Crippen molar-refractivity contribution in [3.63, 3.8) is 0 Å². The number of aryl methyl sites for hydroxylation is 1. The number of nitrogens with zero attached hydrogens (tertiary/aromatic N) is 2. The van der Waals surface area contributed by atoms with E-state index in [1.165, 1.54) is 12.1 Å². The Labute approximate surface area is 159 Å². The van der Waals surface area contributed by atoms with Crippen LogP contribution < -0.4 is 5.32 Å². The zero-order valence-electron chi connectivity index (χ0n) is 14.9. The average Bonchev–Trinajstić information content (AvgIpc) is 3.02. The van der Waals surface area contributed by atoms with Gasteiger partial charge in [-0.15, -0.1) is 0 Å². The Kier molecular flexibility index (Phi) is 6.51. The second-order valence-electron chi connectivity index (χ2n) is 6.16. The Morgan fingerprint density at radius 3 is 2.63 bits per heavy atom. The largest absolute Gasteiger partial charge is 0.456 e. The first kappa shape index (κ1) is 20.4. The van der Waals surface area contributed by atoms with Crippen molar-refractivity contribution < 1.29 is 23.8 Å². The molecule has 0 saturated heterocycles. The maximum Gasteiger partial charge on any atom is 0.329 e. The minimum absolute atomic E-state index is 0.00964. The summed E-state index contributed by atoms with van der Waals surface area (Å²) in [5.41, 5.74) is 0.267. The summed E-state index contributed by atoms with van der Waals surface area (Å²) in [7, 11) is 0. The number of nitrogens with one attached hydrogen (secondary N) is 1. The number of benzene rings is 1. The molecule has 27 heavy (non-hydrogen) atoms. The lowest BCUT2D eigenvalue weighted by molar-refractivity contribution is -0.384. The molecule has 0 fully saturated rings. The van der Waals surface area contributed by atoms with Crippen LogP contribution in [0, 0.1) is 23.0 Å². The van der Waals surface area contributed by atoms with Gasteiger partial charge in [0.05, 0.1) is 10.6 Å². The maximum atomic E-state index is 12.4. The summed E-state index contributed by atoms with van der Waals surface area (Å²) in [5.74, 6) is -1.21. The van der Waals surface area contributed by atoms with E-state index in [9.17, 15) is 19.7 Å². The quantitative estimate of drug-likeness (QED) is 0.434. The third-order valence-corrected chi connectivity index (χ3v) is 3.97. The molecule has 2 rings (SSSR count). The minimum Gasteiger partial charge on any atom is -0.456 e. The number of halogens is 1. The number of ether oxygens (including phenoxy) is 1. The van der Waals surface area contributed by atoms with Gasteiger partial charge in [-0.05, 0) is 25.0 Å². The van der Waals surface area contributed by atoms with Crippen molar-refractivity contribution >= 4 is 29.2 Å². The molecule has 0 saturated carbocycles. The molecule has 2 aromatic rings. The van der Waals surface area contributed by atoms with Gasteiger partial charge >= 0.3 is 5.97 Å². The molecular weight excluding hydrogens is 378 g/mol. The van der Waals surface area contributed by atoms with Crippen LogP contribution in [0.15, 0.2) is 28.8 Å². The van der Waals surface area contributed by atoms with Gasteiger partial charge in [0.1, 0.15) is 11.1 Å². The molecule has 9 nitrogen and oxygen atoms in total. The lowest BCUT2D eigenvalue weighted by atomic mass is 10.0. The maximum absolute atomic E-state index is 12.4. The molecule has 0 aliphatic heterocycles. The van der Waals surface area contributed by atoms with Crippen molar-refractivity contribution in [3.8, 4) is 0 Å². The summed E-state index contributed by atoms with van der Waals surface area (Å²) >= 11 is 5.74. The summed E-state index contributed by atoms with van der Waals surface area (Å²) in [6.45, 7) is 5.08. The lowest BCUT2D eigenvalue weighted by Gasteiger charge is -2.20. The topological polar surface area (TPSA) is 125 Å². The number of hydrogen-bond acceptors (Lipinski definition) is 7. The average molecular weight is 396 g/mol. The van der Waals surface area contributed by atoms with E-state index < -0.39 is 28.5 Å². The van der Waals surface area contributed by atoms with Crippen molar-refractivity contribution in [2.24, 2.45) is 5.92 Å². The summed E-state index contributed by atoms with van der Waals surface area (Å²) in [4.78, 5) is 35.0. The van der Waals surface area contributed by atoms with E-state index in [0.717, 1.165) is 6.07 Å². The number of nitro groups is 1. The van der Waals surface area contributed by atoms with Crippen molar-refractivity contribution in [2.45, 2.75) is 33.4 Å². The fourth-order valence-corrected chi connectivity index (χ4v) is 2.42. The van der Waals surface area contributed by atoms with Gasteiger partial charge in [-0.3, -0.25) is 14.9 Å². The highest BCUT2D eigenvalue weighted by Crippen LogP contribution is 2.25. The molecule has 0 aliphatic rings. The molecule has 1 amide bonds. The SMILES string of the molecule is Cc1cc(COC(=O)[C@@H](NC(=O)c2ccc(Cl)c([N+](=O)[O-])c2)C(C)C)on1. The van der Waals surface area contributed by atoms with E-state index in [1.54, 1.807) is 26.8 Å². The number of amides is 1. The number of carbonyl (C=O) groups excluding carboxylic acids is 2. The van der Waals surface area contributed by atoms with Gasteiger partial charge < -0.3 is 14.6 Å². The van der Waals surface area contributed by atoms with Crippen LogP contribution in [0.4, 0.5) is 5.69 Å². The van der Waals surface area contributed by atoms with Crippen LogP contribution in [0.5, 0.6) is 0 Å². The van der Waals surface area contributed by atoms with Gasteiger partial charge in [0.25, 0.3) is 11.6 Å². The van der Waals surface area contributed by atoms with Crippen LogP contribution in [0.3, 0.4) is 0 Å². The highest BCUT2D eigenvalue weighted by Gasteiger charge is 2.27. The smallest absolute Gasteiger partial charge is 0.329 e. The van der Waals surface area contributed by atoms with E-state index in [1.807, 2.05) is 0 Å². The minimum atomic E-state index is -0.948. The third-order valence-electron chi connectivity index (χ3n) is 3.65. The molecule has 0 bridgehead atoms. The van der Waals surface area contributed by atoms with Gasteiger partial charge in [-0.1, -0.05) is 30.6 Å². The highest BCUT2D eigenvalue weighted by molar-refractivity contribution is 6.32. The molecule has 1 N–H and O–H groups in total. The van der Waals surface area contributed by atoms with Crippen LogP contribution in [0.25, 0.3) is 0 Å². The van der Waals surface area contributed by atoms with E-state index in [4.69, 9.17) is 20.9 Å². The molecule has 0 spiro atoms. The van der Waals surface area contributed by atoms with E-state index in [0.29, 0.717) is 11.5 Å². The van der Waals surface area contributed by atoms with E-state index in [2.05, 4.69) is 10.5 Å². The van der Waals surface area contributed by atoms with Gasteiger partial charge in [-0.2, -0.15) is 0 Å². The molecular formula is C17H18ClN3O6. The standard InChI is InChI=1S/C17H18ClN3O6/c1-9(2)15(17(23)26-8-12-6-10(3)20-27-12)19-16(22)11-4-5-13(18)14(7-11)21(24)25/h4-7,9,15H,8H2,1-3H3,(H,19,22)/t15-/m0/s1. The number of aromatic nitrogens is 1. The predicted molar refractivity (Wildman–Crippen MR) is 95.2 cm³/mol. The van der Waals surface area contributed by atoms with Crippen LogP contribution >= 0.6 is 11.6 Å². The summed E-state index contributed by atoms with van der Waals surface area (Å²) in [6.07, 6.45) is 0. The molecule has 1 aromatic carbocycles. The van der Waals surface area contributed by atoms with Gasteiger partial charge in [0, 0.05) is 17.7 Å². The number of esters is 1. The zero-order valence-corrected chi connectivity index (χ0v) is 15.6. The van der Waals surface area contributed by atoms with Gasteiger partial charge in [0.15, 0.2) is 12.4 Å². The first-order valence-corrected chi connectivity index (χ1v) is 8.40. The van der Waals surface area contributed by atoms with Crippen LogP contribution in [-0.2, 0) is 16.1 Å². The van der Waals surface area contributed by atoms with E-state index >= 15 is 0 Å². The Hall–Kier alpha value is -2.94. The number of hydrogen-bond donors (Lipinski definition) is 1. The first-order valence-electron chi connectivity index (χ1n) is 8.02. The fraction of sp³-hybridized carbons (Fsp3) is 0.353. The normalized spacial score (nSPS) is 11.9. The molecule has 0 unspecified atom stereocenters. The van der Waals surface area contributed by atoms with Crippen LogP contribution in [0.2, 0.25) is 5.02 Å². The van der Waals surface area contributed by atoms with Crippen LogP contribution in [-0.4, -0.2) is 28.0 Å². The molecule has 0 radical (unpaired) electrons. The Balaban J connectivity index is 2.08. The van der Waals surface area contributed by atoms with Gasteiger partial charge in [-0.25, -0.2) is 4.79 Å². The monoisotopic (exact) mass is 395 g/mol. The Morgan fingerprint density at radius 1 is 1.37 bits per heavy atom. The van der Waals surface area contributed by atoms with Crippen molar-refractivity contribution in [2.75, 3.05) is 0 Å².